The summed E-state index contributed by atoms with van der Waals surface area (Å²) in [7, 11) is 0. The van der Waals surface area contributed by atoms with E-state index in [1.54, 1.807) is 36.4 Å². The Labute approximate surface area is 111 Å². The van der Waals surface area contributed by atoms with Crippen LogP contribution in [0.1, 0.15) is 15.9 Å². The molecule has 0 unspecified atom stereocenters. The van der Waals surface area contributed by atoms with E-state index in [0.717, 1.165) is 5.56 Å². The van der Waals surface area contributed by atoms with Gasteiger partial charge >= 0.3 is 0 Å². The van der Waals surface area contributed by atoms with Crippen LogP contribution in [0.5, 0.6) is 5.75 Å². The van der Waals surface area contributed by atoms with Gasteiger partial charge in [-0.2, -0.15) is 0 Å². The highest BCUT2D eigenvalue weighted by atomic mass is 32.1. The van der Waals surface area contributed by atoms with Gasteiger partial charge in [-0.05, 0) is 31.3 Å². The molecule has 18 heavy (non-hydrogen) atoms. The standard InChI is InChI=1S/C15H12O2S/c1-11-7-9-13(10-8-11)17-15(18)14(16)12-5-3-2-4-6-12/h2-10H,1H3. The van der Waals surface area contributed by atoms with E-state index < -0.39 is 0 Å². The predicted octanol–water partition coefficient (Wildman–Crippen LogP) is 3.58. The van der Waals surface area contributed by atoms with Crippen molar-refractivity contribution in [1.29, 1.82) is 0 Å². The van der Waals surface area contributed by atoms with Crippen LogP contribution in [0, 0.1) is 6.92 Å². The molecule has 0 aliphatic heterocycles. The van der Waals surface area contributed by atoms with E-state index in [1.807, 2.05) is 25.1 Å². The first-order valence-electron chi connectivity index (χ1n) is 5.55. The zero-order valence-electron chi connectivity index (χ0n) is 9.92. The van der Waals surface area contributed by atoms with Gasteiger partial charge in [0.2, 0.25) is 10.8 Å². The molecule has 0 saturated carbocycles. The lowest BCUT2D eigenvalue weighted by Gasteiger charge is -2.06. The Morgan fingerprint density at radius 1 is 1.00 bits per heavy atom. The molecule has 0 radical (unpaired) electrons. The van der Waals surface area contributed by atoms with Crippen molar-refractivity contribution < 1.29 is 9.53 Å². The number of ketones is 1. The lowest BCUT2D eigenvalue weighted by Crippen LogP contribution is -2.18. The maximum atomic E-state index is 11.9. The molecule has 0 aliphatic carbocycles. The fourth-order valence-corrected chi connectivity index (χ4v) is 1.68. The van der Waals surface area contributed by atoms with Crippen molar-refractivity contribution in [2.24, 2.45) is 0 Å². The van der Waals surface area contributed by atoms with Gasteiger partial charge < -0.3 is 4.74 Å². The van der Waals surface area contributed by atoms with Gasteiger partial charge in [0, 0.05) is 5.56 Å². The lowest BCUT2D eigenvalue weighted by atomic mass is 10.1. The second-order valence-corrected chi connectivity index (χ2v) is 4.27. The summed E-state index contributed by atoms with van der Waals surface area (Å²) in [6.45, 7) is 1.98. The first-order chi connectivity index (χ1) is 8.66. The fraction of sp³-hybridized carbons (Fsp3) is 0.0667. The molecule has 2 aromatic carbocycles. The fourth-order valence-electron chi connectivity index (χ4n) is 1.47. The van der Waals surface area contributed by atoms with Crippen molar-refractivity contribution in [3.63, 3.8) is 0 Å². The average molecular weight is 256 g/mol. The highest BCUT2D eigenvalue weighted by molar-refractivity contribution is 7.81. The van der Waals surface area contributed by atoms with Crippen LogP contribution in [0.3, 0.4) is 0 Å². The maximum Gasteiger partial charge on any atom is 0.239 e. The molecule has 2 nitrogen and oxygen atoms in total. The third-order valence-corrected chi connectivity index (χ3v) is 2.72. The number of carbonyl (C=O) groups is 1. The molecule has 0 N–H and O–H groups in total. The van der Waals surface area contributed by atoms with E-state index >= 15 is 0 Å². The first-order valence-corrected chi connectivity index (χ1v) is 5.96. The summed E-state index contributed by atoms with van der Waals surface area (Å²) in [6, 6.07) is 16.3. The Hall–Kier alpha value is -2.00. The van der Waals surface area contributed by atoms with Gasteiger partial charge in [0.15, 0.2) is 0 Å². The number of carbonyl (C=O) groups excluding carboxylic acids is 1. The number of aryl methyl sites for hydroxylation is 1. The molecule has 3 heteroatoms. The maximum absolute atomic E-state index is 11.9. The second kappa shape index (κ2) is 5.56. The number of ether oxygens (including phenoxy) is 1. The van der Waals surface area contributed by atoms with Crippen LogP contribution in [0.2, 0.25) is 0 Å². The first kappa shape index (κ1) is 12.5. The van der Waals surface area contributed by atoms with Gasteiger partial charge in [0.25, 0.3) is 0 Å². The normalized spacial score (nSPS) is 9.83. The highest BCUT2D eigenvalue weighted by Gasteiger charge is 2.13. The Kier molecular flexibility index (Phi) is 3.85. The monoisotopic (exact) mass is 256 g/mol. The lowest BCUT2D eigenvalue weighted by molar-refractivity contribution is 0.105. The van der Waals surface area contributed by atoms with Gasteiger partial charge in [0.05, 0.1) is 0 Å². The largest absolute Gasteiger partial charge is 0.442 e. The molecule has 2 aromatic rings. The van der Waals surface area contributed by atoms with Crippen LogP contribution >= 0.6 is 12.2 Å². The van der Waals surface area contributed by atoms with Crippen molar-refractivity contribution in [3.05, 3.63) is 65.7 Å². The SMILES string of the molecule is Cc1ccc(OC(=S)C(=O)c2ccccc2)cc1. The average Bonchev–Trinajstić information content (AvgIpc) is 2.41. The number of hydrogen-bond acceptors (Lipinski definition) is 3. The van der Waals surface area contributed by atoms with Crippen LogP contribution in [0.25, 0.3) is 0 Å². The van der Waals surface area contributed by atoms with Crippen molar-refractivity contribution in [1.82, 2.24) is 0 Å². The number of benzene rings is 2. The van der Waals surface area contributed by atoms with E-state index in [0.29, 0.717) is 11.3 Å². The Morgan fingerprint density at radius 3 is 2.22 bits per heavy atom. The topological polar surface area (TPSA) is 26.3 Å². The summed E-state index contributed by atoms with van der Waals surface area (Å²) in [5.74, 6) is 0.307. The highest BCUT2D eigenvalue weighted by Crippen LogP contribution is 2.13. The molecular weight excluding hydrogens is 244 g/mol. The molecule has 2 rings (SSSR count). The molecule has 0 atom stereocenters. The summed E-state index contributed by atoms with van der Waals surface area (Å²) in [5.41, 5.74) is 1.66. The summed E-state index contributed by atoms with van der Waals surface area (Å²) in [4.78, 5) is 11.9. The molecule has 0 heterocycles. The smallest absolute Gasteiger partial charge is 0.239 e. The van der Waals surface area contributed by atoms with Gasteiger partial charge in [-0.15, -0.1) is 0 Å². The molecule has 0 spiro atoms. The van der Waals surface area contributed by atoms with Crippen LogP contribution < -0.4 is 4.74 Å². The molecular formula is C15H12O2S. The zero-order chi connectivity index (χ0) is 13.0. The summed E-state index contributed by atoms with van der Waals surface area (Å²) >= 11 is 5.00. The molecule has 90 valence electrons. The Bertz CT molecular complexity index is 559. The van der Waals surface area contributed by atoms with E-state index in [1.165, 1.54) is 0 Å². The van der Waals surface area contributed by atoms with Crippen LogP contribution in [0.4, 0.5) is 0 Å². The van der Waals surface area contributed by atoms with E-state index in [2.05, 4.69) is 0 Å². The van der Waals surface area contributed by atoms with Crippen LogP contribution in [0.15, 0.2) is 54.6 Å². The van der Waals surface area contributed by atoms with Crippen LogP contribution in [-0.4, -0.2) is 10.8 Å². The molecule has 0 bridgehead atoms. The molecule has 0 saturated heterocycles. The summed E-state index contributed by atoms with van der Waals surface area (Å²) in [6.07, 6.45) is 0. The van der Waals surface area contributed by atoms with E-state index in [-0.39, 0.29) is 10.8 Å². The summed E-state index contributed by atoms with van der Waals surface area (Å²) in [5, 5.41) is -0.0370. The predicted molar refractivity (Wildman–Crippen MR) is 75.2 cm³/mol. The minimum absolute atomic E-state index is 0.0370. The molecule has 0 aliphatic rings. The minimum Gasteiger partial charge on any atom is -0.442 e. The van der Waals surface area contributed by atoms with Gasteiger partial charge in [-0.25, -0.2) is 0 Å². The van der Waals surface area contributed by atoms with Crippen molar-refractivity contribution in [2.75, 3.05) is 0 Å². The minimum atomic E-state index is -0.272. The summed E-state index contributed by atoms with van der Waals surface area (Å²) < 4.78 is 5.37. The van der Waals surface area contributed by atoms with Gasteiger partial charge in [-0.3, -0.25) is 4.79 Å². The second-order valence-electron chi connectivity index (χ2n) is 3.90. The van der Waals surface area contributed by atoms with Crippen molar-refractivity contribution in [2.45, 2.75) is 6.92 Å². The quantitative estimate of drug-likeness (QED) is 0.620. The third kappa shape index (κ3) is 3.02. The van der Waals surface area contributed by atoms with Gasteiger partial charge in [0.1, 0.15) is 5.75 Å². The molecule has 0 fully saturated rings. The van der Waals surface area contributed by atoms with Crippen LogP contribution in [-0.2, 0) is 0 Å². The zero-order valence-corrected chi connectivity index (χ0v) is 10.7. The number of thiocarbonyl (C=S) groups is 1. The third-order valence-electron chi connectivity index (χ3n) is 2.45. The number of rotatable bonds is 3. The van der Waals surface area contributed by atoms with Gasteiger partial charge in [-0.1, -0.05) is 48.0 Å². The Balaban J connectivity index is 2.09. The van der Waals surface area contributed by atoms with Crippen molar-refractivity contribution >= 4 is 23.1 Å². The van der Waals surface area contributed by atoms with E-state index in [9.17, 15) is 4.79 Å². The van der Waals surface area contributed by atoms with E-state index in [4.69, 9.17) is 17.0 Å². The molecule has 0 aromatic heterocycles. The van der Waals surface area contributed by atoms with Crippen molar-refractivity contribution in [3.8, 4) is 5.75 Å². The Morgan fingerprint density at radius 2 is 1.61 bits per heavy atom. The number of Topliss-reactive ketones (excluding diaryl/α,β-unsaturated/α-hetero) is 1. The molecule has 0 amide bonds. The number of hydrogen-bond donors (Lipinski definition) is 0.